The molecule has 1 aliphatic carbocycles. The van der Waals surface area contributed by atoms with Crippen molar-refractivity contribution in [2.75, 3.05) is 19.6 Å². The topological polar surface area (TPSA) is 32.3 Å². The third-order valence-corrected chi connectivity index (χ3v) is 3.61. The van der Waals surface area contributed by atoms with E-state index < -0.39 is 0 Å². The van der Waals surface area contributed by atoms with E-state index in [1.54, 1.807) is 0 Å². The first-order chi connectivity index (χ1) is 7.14. The van der Waals surface area contributed by atoms with Gasteiger partial charge in [0.05, 0.1) is 6.04 Å². The average molecular weight is 210 g/mol. The Morgan fingerprint density at radius 3 is 2.87 bits per heavy atom. The number of carbonyl (C=O) groups excluding carboxylic acids is 1. The molecule has 0 aromatic heterocycles. The highest BCUT2D eigenvalue weighted by Gasteiger charge is 2.42. The van der Waals surface area contributed by atoms with Crippen molar-refractivity contribution in [3.63, 3.8) is 0 Å². The molecule has 1 N–H and O–H groups in total. The van der Waals surface area contributed by atoms with Gasteiger partial charge in [0.15, 0.2) is 0 Å². The van der Waals surface area contributed by atoms with Crippen LogP contribution >= 0.6 is 0 Å². The van der Waals surface area contributed by atoms with Crippen LogP contribution in [0.25, 0.3) is 0 Å². The summed E-state index contributed by atoms with van der Waals surface area (Å²) in [5.41, 5.74) is 0.454. The molecule has 0 aromatic rings. The number of hydrogen-bond donors (Lipinski definition) is 1. The number of carbonyl (C=O) groups is 1. The van der Waals surface area contributed by atoms with Crippen LogP contribution < -0.4 is 5.32 Å². The number of likely N-dealkylation sites (tertiary alicyclic amines) is 1. The zero-order chi connectivity index (χ0) is 10.9. The summed E-state index contributed by atoms with van der Waals surface area (Å²) in [5, 5.41) is 3.33. The molecule has 15 heavy (non-hydrogen) atoms. The first-order valence-electron chi connectivity index (χ1n) is 6.17. The summed E-state index contributed by atoms with van der Waals surface area (Å²) < 4.78 is 0. The van der Waals surface area contributed by atoms with Crippen LogP contribution in [-0.4, -0.2) is 36.5 Å². The van der Waals surface area contributed by atoms with Crippen molar-refractivity contribution < 1.29 is 4.79 Å². The van der Waals surface area contributed by atoms with Crippen molar-refractivity contribution in [1.29, 1.82) is 0 Å². The minimum absolute atomic E-state index is 0.104. The maximum absolute atomic E-state index is 12.0. The van der Waals surface area contributed by atoms with Crippen molar-refractivity contribution in [2.45, 2.75) is 45.6 Å². The molecule has 1 amide bonds. The molecule has 1 saturated heterocycles. The maximum Gasteiger partial charge on any atom is 0.239 e. The molecule has 86 valence electrons. The fraction of sp³-hybridized carbons (Fsp3) is 0.917. The molecular formula is C12H22N2O. The summed E-state index contributed by atoms with van der Waals surface area (Å²) in [6.45, 7) is 7.32. The fourth-order valence-electron chi connectivity index (χ4n) is 2.24. The minimum Gasteiger partial charge on any atom is -0.341 e. The van der Waals surface area contributed by atoms with Gasteiger partial charge in [-0.25, -0.2) is 0 Å². The van der Waals surface area contributed by atoms with E-state index in [2.05, 4.69) is 24.1 Å². The van der Waals surface area contributed by atoms with Crippen LogP contribution in [0, 0.1) is 5.41 Å². The van der Waals surface area contributed by atoms with Crippen molar-refractivity contribution >= 4 is 5.91 Å². The molecule has 1 unspecified atom stereocenters. The largest absolute Gasteiger partial charge is 0.341 e. The summed E-state index contributed by atoms with van der Waals surface area (Å²) in [5.74, 6) is 0.330. The highest BCUT2D eigenvalue weighted by atomic mass is 16.2. The van der Waals surface area contributed by atoms with Crippen LogP contribution in [-0.2, 0) is 4.79 Å². The van der Waals surface area contributed by atoms with Crippen molar-refractivity contribution in [3.8, 4) is 0 Å². The molecule has 0 bridgehead atoms. The third-order valence-electron chi connectivity index (χ3n) is 3.61. The molecule has 3 heteroatoms. The first kappa shape index (κ1) is 10.9. The van der Waals surface area contributed by atoms with E-state index in [1.165, 1.54) is 12.8 Å². The number of amides is 1. The van der Waals surface area contributed by atoms with E-state index >= 15 is 0 Å². The smallest absolute Gasteiger partial charge is 0.239 e. The summed E-state index contributed by atoms with van der Waals surface area (Å²) >= 11 is 0. The molecule has 1 aliphatic heterocycles. The quantitative estimate of drug-likeness (QED) is 0.743. The molecule has 1 saturated carbocycles. The molecule has 3 nitrogen and oxygen atoms in total. The second-order valence-corrected chi connectivity index (χ2v) is 5.37. The SMILES string of the molecule is CCCNC1CCN(CC2(C)CC2)C1=O. The van der Waals surface area contributed by atoms with Gasteiger partial charge in [0.1, 0.15) is 0 Å². The van der Waals surface area contributed by atoms with E-state index in [0.717, 1.165) is 32.5 Å². The van der Waals surface area contributed by atoms with Gasteiger partial charge >= 0.3 is 0 Å². The number of nitrogens with one attached hydrogen (secondary N) is 1. The Bertz CT molecular complexity index is 248. The lowest BCUT2D eigenvalue weighted by atomic mass is 10.1. The van der Waals surface area contributed by atoms with E-state index in [1.807, 2.05) is 0 Å². The van der Waals surface area contributed by atoms with Crippen molar-refractivity contribution in [3.05, 3.63) is 0 Å². The predicted octanol–water partition coefficient (Wildman–Crippen LogP) is 1.39. The van der Waals surface area contributed by atoms with Crippen LogP contribution in [0.15, 0.2) is 0 Å². The van der Waals surface area contributed by atoms with Crippen molar-refractivity contribution in [1.82, 2.24) is 10.2 Å². The lowest BCUT2D eigenvalue weighted by molar-refractivity contribution is -0.130. The fourth-order valence-corrected chi connectivity index (χ4v) is 2.24. The molecule has 0 radical (unpaired) electrons. The van der Waals surface area contributed by atoms with Crippen molar-refractivity contribution in [2.24, 2.45) is 5.41 Å². The Morgan fingerprint density at radius 2 is 2.27 bits per heavy atom. The van der Waals surface area contributed by atoms with Gasteiger partial charge in [0.25, 0.3) is 0 Å². The predicted molar refractivity (Wildman–Crippen MR) is 60.6 cm³/mol. The zero-order valence-electron chi connectivity index (χ0n) is 9.88. The molecule has 1 heterocycles. The third kappa shape index (κ3) is 2.51. The normalized spacial score (nSPS) is 28.5. The standard InChI is InChI=1S/C12H22N2O/c1-3-7-13-10-4-8-14(11(10)15)9-12(2)5-6-12/h10,13H,3-9H2,1-2H3. The second kappa shape index (κ2) is 4.12. The Balaban J connectivity index is 1.81. The van der Waals surface area contributed by atoms with Gasteiger partial charge in [-0.2, -0.15) is 0 Å². The summed E-state index contributed by atoms with van der Waals surface area (Å²) in [7, 11) is 0. The molecular weight excluding hydrogens is 188 g/mol. The van der Waals surface area contributed by atoms with Crippen LogP contribution in [0.5, 0.6) is 0 Å². The lowest BCUT2D eigenvalue weighted by Crippen LogP contribution is -2.40. The molecule has 2 rings (SSSR count). The van der Waals surface area contributed by atoms with Gasteiger partial charge in [0, 0.05) is 13.1 Å². The van der Waals surface area contributed by atoms with Gasteiger partial charge in [-0.3, -0.25) is 4.79 Å². The van der Waals surface area contributed by atoms with Gasteiger partial charge in [-0.1, -0.05) is 13.8 Å². The first-order valence-corrected chi connectivity index (χ1v) is 6.17. The summed E-state index contributed by atoms with van der Waals surface area (Å²) in [6, 6.07) is 0.104. The Labute approximate surface area is 92.2 Å². The average Bonchev–Trinajstić information content (AvgIpc) is 2.84. The lowest BCUT2D eigenvalue weighted by Gasteiger charge is -2.20. The van der Waals surface area contributed by atoms with Crippen LogP contribution in [0.4, 0.5) is 0 Å². The maximum atomic E-state index is 12.0. The van der Waals surface area contributed by atoms with Crippen LogP contribution in [0.1, 0.15) is 39.5 Å². The van der Waals surface area contributed by atoms with Crippen LogP contribution in [0.3, 0.4) is 0 Å². The highest BCUT2D eigenvalue weighted by molar-refractivity contribution is 5.84. The molecule has 0 spiro atoms. The van der Waals surface area contributed by atoms with E-state index in [4.69, 9.17) is 0 Å². The summed E-state index contributed by atoms with van der Waals surface area (Å²) in [6.07, 6.45) is 4.68. The van der Waals surface area contributed by atoms with E-state index in [0.29, 0.717) is 11.3 Å². The van der Waals surface area contributed by atoms with Gasteiger partial charge in [-0.15, -0.1) is 0 Å². The monoisotopic (exact) mass is 210 g/mol. The highest BCUT2D eigenvalue weighted by Crippen LogP contribution is 2.45. The Kier molecular flexibility index (Phi) is 3.01. The number of rotatable bonds is 5. The number of nitrogens with zero attached hydrogens (tertiary/aromatic N) is 1. The van der Waals surface area contributed by atoms with Gasteiger partial charge < -0.3 is 10.2 Å². The van der Waals surface area contributed by atoms with Crippen LogP contribution in [0.2, 0.25) is 0 Å². The zero-order valence-corrected chi connectivity index (χ0v) is 9.88. The summed E-state index contributed by atoms with van der Waals surface area (Å²) in [4.78, 5) is 14.0. The molecule has 2 fully saturated rings. The Hall–Kier alpha value is -0.570. The Morgan fingerprint density at radius 1 is 1.53 bits per heavy atom. The number of hydrogen-bond acceptors (Lipinski definition) is 2. The van der Waals surface area contributed by atoms with E-state index in [-0.39, 0.29) is 6.04 Å². The minimum atomic E-state index is 0.104. The van der Waals surface area contributed by atoms with Gasteiger partial charge in [-0.05, 0) is 37.6 Å². The second-order valence-electron chi connectivity index (χ2n) is 5.37. The molecule has 1 atom stereocenters. The molecule has 2 aliphatic rings. The van der Waals surface area contributed by atoms with Gasteiger partial charge in [0.2, 0.25) is 5.91 Å². The van der Waals surface area contributed by atoms with E-state index in [9.17, 15) is 4.79 Å². The molecule has 0 aromatic carbocycles.